The van der Waals surface area contributed by atoms with Gasteiger partial charge in [0, 0.05) is 30.0 Å². The highest BCUT2D eigenvalue weighted by Gasteiger charge is 2.16. The van der Waals surface area contributed by atoms with Crippen LogP contribution in [0.1, 0.15) is 54.4 Å². The van der Waals surface area contributed by atoms with E-state index in [1.54, 1.807) is 12.4 Å². The van der Waals surface area contributed by atoms with E-state index in [9.17, 15) is 4.79 Å². The molecule has 0 spiro atoms. The maximum absolute atomic E-state index is 12.5. The van der Waals surface area contributed by atoms with Crippen LogP contribution >= 0.6 is 11.6 Å². The van der Waals surface area contributed by atoms with E-state index in [1.807, 2.05) is 30.3 Å². The third-order valence-corrected chi connectivity index (χ3v) is 5.00. The maximum Gasteiger partial charge on any atom is 0.253 e. The Bertz CT molecular complexity index is 712. The van der Waals surface area contributed by atoms with Gasteiger partial charge in [0.1, 0.15) is 0 Å². The summed E-state index contributed by atoms with van der Waals surface area (Å²) in [7, 11) is 0. The van der Waals surface area contributed by atoms with Crippen LogP contribution in [0.5, 0.6) is 0 Å². The number of carbonyl (C=O) groups excluding carboxylic acids is 1. The maximum atomic E-state index is 12.5. The van der Waals surface area contributed by atoms with Crippen LogP contribution in [0.4, 0.5) is 5.69 Å². The van der Waals surface area contributed by atoms with Crippen LogP contribution in [0.2, 0.25) is 5.02 Å². The average molecular weight is 358 g/mol. The van der Waals surface area contributed by atoms with E-state index in [0.29, 0.717) is 12.1 Å². The quantitative estimate of drug-likeness (QED) is 0.756. The van der Waals surface area contributed by atoms with Gasteiger partial charge in [0.15, 0.2) is 0 Å². The van der Waals surface area contributed by atoms with Gasteiger partial charge in [0.05, 0.1) is 11.3 Å². The third kappa shape index (κ3) is 5.20. The summed E-state index contributed by atoms with van der Waals surface area (Å²) < 4.78 is 0. The first-order valence-corrected chi connectivity index (χ1v) is 9.33. The molecule has 1 aromatic heterocycles. The van der Waals surface area contributed by atoms with E-state index < -0.39 is 0 Å². The van der Waals surface area contributed by atoms with Gasteiger partial charge in [-0.3, -0.25) is 9.78 Å². The Labute approximate surface area is 154 Å². The number of anilines is 1. The molecule has 0 unspecified atom stereocenters. The molecule has 1 amide bonds. The SMILES string of the molecule is O=C(NC1CCCCCC1)c1cncc(NCc2ccccc2Cl)c1. The lowest BCUT2D eigenvalue weighted by Gasteiger charge is -2.16. The molecule has 0 radical (unpaired) electrons. The fraction of sp³-hybridized carbons (Fsp3) is 0.400. The molecular formula is C20H24ClN3O. The van der Waals surface area contributed by atoms with Crippen molar-refractivity contribution in [2.45, 2.75) is 51.1 Å². The molecule has 3 rings (SSSR count). The lowest BCUT2D eigenvalue weighted by Crippen LogP contribution is -2.34. The van der Waals surface area contributed by atoms with Crippen LogP contribution in [0.15, 0.2) is 42.7 Å². The highest BCUT2D eigenvalue weighted by atomic mass is 35.5. The zero-order valence-electron chi connectivity index (χ0n) is 14.3. The van der Waals surface area contributed by atoms with Gasteiger partial charge >= 0.3 is 0 Å². The first-order chi connectivity index (χ1) is 12.2. The molecule has 5 heteroatoms. The minimum Gasteiger partial charge on any atom is -0.380 e. The number of hydrogen-bond donors (Lipinski definition) is 2. The van der Waals surface area contributed by atoms with Crippen molar-refractivity contribution >= 4 is 23.2 Å². The highest BCUT2D eigenvalue weighted by Crippen LogP contribution is 2.19. The average Bonchev–Trinajstić information content (AvgIpc) is 2.90. The van der Waals surface area contributed by atoms with Crippen molar-refractivity contribution in [2.75, 3.05) is 5.32 Å². The molecule has 1 heterocycles. The largest absolute Gasteiger partial charge is 0.380 e. The summed E-state index contributed by atoms with van der Waals surface area (Å²) >= 11 is 6.17. The van der Waals surface area contributed by atoms with Gasteiger partial charge < -0.3 is 10.6 Å². The van der Waals surface area contributed by atoms with Crippen molar-refractivity contribution in [2.24, 2.45) is 0 Å². The fourth-order valence-electron chi connectivity index (χ4n) is 3.19. The molecule has 1 fully saturated rings. The fourth-order valence-corrected chi connectivity index (χ4v) is 3.39. The Hall–Kier alpha value is -2.07. The predicted molar refractivity (Wildman–Crippen MR) is 102 cm³/mol. The molecule has 4 nitrogen and oxygen atoms in total. The number of aromatic nitrogens is 1. The summed E-state index contributed by atoms with van der Waals surface area (Å²) in [5.74, 6) is -0.0409. The number of pyridine rings is 1. The van der Waals surface area contributed by atoms with Crippen LogP contribution in [0.3, 0.4) is 0 Å². The molecule has 1 aliphatic carbocycles. The number of rotatable bonds is 5. The number of carbonyl (C=O) groups is 1. The van der Waals surface area contributed by atoms with Crippen molar-refractivity contribution < 1.29 is 4.79 Å². The third-order valence-electron chi connectivity index (χ3n) is 4.63. The Kier molecular flexibility index (Phi) is 6.29. The van der Waals surface area contributed by atoms with Crippen molar-refractivity contribution in [1.82, 2.24) is 10.3 Å². The Morgan fingerprint density at radius 3 is 2.64 bits per heavy atom. The molecule has 2 N–H and O–H groups in total. The highest BCUT2D eigenvalue weighted by molar-refractivity contribution is 6.31. The van der Waals surface area contributed by atoms with Gasteiger partial charge in [0.2, 0.25) is 0 Å². The number of amides is 1. The molecular weight excluding hydrogens is 334 g/mol. The number of nitrogens with one attached hydrogen (secondary N) is 2. The Balaban J connectivity index is 1.60. The number of benzene rings is 1. The van der Waals surface area contributed by atoms with E-state index in [4.69, 9.17) is 11.6 Å². The second kappa shape index (κ2) is 8.86. The normalized spacial score (nSPS) is 15.4. The smallest absolute Gasteiger partial charge is 0.253 e. The standard InChI is InChI=1S/C20H24ClN3O/c21-19-10-6-5-7-15(19)13-23-18-11-16(12-22-14-18)20(25)24-17-8-3-1-2-4-9-17/h5-7,10-12,14,17,23H,1-4,8-9,13H2,(H,24,25). The van der Waals surface area contributed by atoms with Crippen LogP contribution in [0.25, 0.3) is 0 Å². The molecule has 0 atom stereocenters. The van der Waals surface area contributed by atoms with Crippen LogP contribution < -0.4 is 10.6 Å². The van der Waals surface area contributed by atoms with Crippen LogP contribution in [-0.2, 0) is 6.54 Å². The zero-order valence-corrected chi connectivity index (χ0v) is 15.1. The van der Waals surface area contributed by atoms with Crippen LogP contribution in [-0.4, -0.2) is 16.9 Å². The lowest BCUT2D eigenvalue weighted by atomic mass is 10.1. The molecule has 2 aromatic rings. The molecule has 1 saturated carbocycles. The minimum atomic E-state index is -0.0409. The molecule has 0 bridgehead atoms. The van der Waals surface area contributed by atoms with Crippen molar-refractivity contribution in [3.8, 4) is 0 Å². The van der Waals surface area contributed by atoms with Gasteiger partial charge in [-0.05, 0) is 30.5 Å². The Morgan fingerprint density at radius 1 is 1.12 bits per heavy atom. The summed E-state index contributed by atoms with van der Waals surface area (Å²) in [6, 6.07) is 9.84. The van der Waals surface area contributed by atoms with E-state index in [-0.39, 0.29) is 11.9 Å². The molecule has 0 aliphatic heterocycles. The first kappa shape index (κ1) is 17.7. The van der Waals surface area contributed by atoms with Crippen molar-refractivity contribution in [1.29, 1.82) is 0 Å². The monoisotopic (exact) mass is 357 g/mol. The van der Waals surface area contributed by atoms with E-state index >= 15 is 0 Å². The number of halogens is 1. The lowest BCUT2D eigenvalue weighted by molar-refractivity contribution is 0.0933. The molecule has 1 aliphatic rings. The zero-order chi connectivity index (χ0) is 17.5. The second-order valence-electron chi connectivity index (χ2n) is 6.57. The van der Waals surface area contributed by atoms with Crippen molar-refractivity contribution in [3.05, 3.63) is 58.9 Å². The Morgan fingerprint density at radius 2 is 1.88 bits per heavy atom. The number of hydrogen-bond acceptors (Lipinski definition) is 3. The molecule has 132 valence electrons. The summed E-state index contributed by atoms with van der Waals surface area (Å²) in [6.07, 6.45) is 10.4. The van der Waals surface area contributed by atoms with E-state index in [1.165, 1.54) is 25.7 Å². The summed E-state index contributed by atoms with van der Waals surface area (Å²) in [5, 5.41) is 7.17. The van der Waals surface area contributed by atoms with E-state index in [2.05, 4.69) is 15.6 Å². The van der Waals surface area contributed by atoms with Crippen LogP contribution in [0, 0.1) is 0 Å². The molecule has 25 heavy (non-hydrogen) atoms. The van der Waals surface area contributed by atoms with Crippen molar-refractivity contribution in [3.63, 3.8) is 0 Å². The van der Waals surface area contributed by atoms with Gasteiger partial charge in [-0.25, -0.2) is 0 Å². The minimum absolute atomic E-state index is 0.0409. The topological polar surface area (TPSA) is 54.0 Å². The van der Waals surface area contributed by atoms with Gasteiger partial charge in [-0.2, -0.15) is 0 Å². The summed E-state index contributed by atoms with van der Waals surface area (Å²) in [4.78, 5) is 16.7. The molecule has 1 aromatic carbocycles. The summed E-state index contributed by atoms with van der Waals surface area (Å²) in [5.41, 5.74) is 2.42. The van der Waals surface area contributed by atoms with Gasteiger partial charge in [0.25, 0.3) is 5.91 Å². The first-order valence-electron chi connectivity index (χ1n) is 8.95. The van der Waals surface area contributed by atoms with Gasteiger partial charge in [-0.1, -0.05) is 55.5 Å². The number of nitrogens with zero attached hydrogens (tertiary/aromatic N) is 1. The van der Waals surface area contributed by atoms with E-state index in [0.717, 1.165) is 29.1 Å². The second-order valence-corrected chi connectivity index (χ2v) is 6.98. The predicted octanol–water partition coefficient (Wildman–Crippen LogP) is 4.80. The molecule has 0 saturated heterocycles. The van der Waals surface area contributed by atoms with Gasteiger partial charge in [-0.15, -0.1) is 0 Å². The summed E-state index contributed by atoms with van der Waals surface area (Å²) in [6.45, 7) is 0.592.